The molecule has 4 N–H and O–H groups in total. The number of fused-ring (bicyclic) bond motifs is 8. The molecule has 2 aliphatic rings. The van der Waals surface area contributed by atoms with Gasteiger partial charge in [-0.2, -0.15) is 23.5 Å². The summed E-state index contributed by atoms with van der Waals surface area (Å²) in [5, 5.41) is 19.8. The number of H-pyrrole nitrogens is 2. The van der Waals surface area contributed by atoms with Crippen molar-refractivity contribution in [2.75, 3.05) is 52.8 Å². The van der Waals surface area contributed by atoms with E-state index in [0.717, 1.165) is 85.9 Å². The van der Waals surface area contributed by atoms with Crippen LogP contribution in [0, 0.1) is 13.8 Å². The Bertz CT molecular complexity index is 2150. The largest absolute Gasteiger partial charge is 0.481 e. The molecule has 3 aromatic heterocycles. The first-order chi connectivity index (χ1) is 25.5. The zero-order chi connectivity index (χ0) is 39.4. The fourth-order valence-corrected chi connectivity index (χ4v) is 9.87. The van der Waals surface area contributed by atoms with Gasteiger partial charge in [0.25, 0.3) is 0 Å². The molecule has 0 aromatic carbocycles. The molecule has 5 heterocycles. The number of nitrogens with zero attached hydrogens (tertiary/aromatic N) is 4. The van der Waals surface area contributed by atoms with Crippen molar-refractivity contribution in [3.8, 4) is 0 Å². The second-order valence-electron chi connectivity index (χ2n) is 15.0. The maximum atomic E-state index is 11.8. The van der Waals surface area contributed by atoms with Gasteiger partial charge in [0.2, 0.25) is 0 Å². The van der Waals surface area contributed by atoms with E-state index in [1.807, 2.05) is 43.4 Å². The molecule has 0 saturated carbocycles. The SMILES string of the molecule is CC1=C(CCC(=O)O)c2cc3nc(cc4[nH]c(cc5[nH]c(cc1n2)c(C)c5C(C)SCCN(C)C)c(C)c4C(C)SCCN(C)C)C(C)=C3CCC(=O)O. The maximum absolute atomic E-state index is 11.8. The van der Waals surface area contributed by atoms with Crippen LogP contribution in [0.3, 0.4) is 0 Å². The molecule has 2 unspecified atom stereocenters. The lowest BCUT2D eigenvalue weighted by atomic mass is 9.98. The highest BCUT2D eigenvalue weighted by atomic mass is 32.2. The fourth-order valence-electron chi connectivity index (χ4n) is 7.28. The number of hydrogen-bond acceptors (Lipinski definition) is 8. The molecule has 54 heavy (non-hydrogen) atoms. The lowest BCUT2D eigenvalue weighted by Gasteiger charge is -2.15. The van der Waals surface area contributed by atoms with E-state index in [4.69, 9.17) is 9.97 Å². The standard InChI is InChI=1S/C42H56N6O4S2/c1-23-29(11-13-39(49)50)35-22-36-30(12-14-40(51)52)24(2)32(44-36)20-37-42(28(6)54-18-16-48(9)10)26(4)34(46-37)21-38-41(27(5)53-17-15-47(7)8)25(3)33(45-38)19-31(23)43-35/h19-22,27-28,45-46H,11-18H2,1-10H3,(H,49,50)(H,51,52). The van der Waals surface area contributed by atoms with Gasteiger partial charge in [-0.3, -0.25) is 9.59 Å². The van der Waals surface area contributed by atoms with Gasteiger partial charge in [0.1, 0.15) is 0 Å². The summed E-state index contributed by atoms with van der Waals surface area (Å²) in [5.41, 5.74) is 15.4. The summed E-state index contributed by atoms with van der Waals surface area (Å²) < 4.78 is 0. The second-order valence-corrected chi connectivity index (χ2v) is 17.8. The van der Waals surface area contributed by atoms with Crippen molar-refractivity contribution in [2.45, 2.75) is 77.7 Å². The van der Waals surface area contributed by atoms with Crippen molar-refractivity contribution in [1.29, 1.82) is 0 Å². The Morgan fingerprint density at radius 3 is 1.43 bits per heavy atom. The number of hydrogen-bond donors (Lipinski definition) is 4. The third-order valence-electron chi connectivity index (χ3n) is 10.4. The molecule has 2 atom stereocenters. The van der Waals surface area contributed by atoms with Gasteiger partial charge < -0.3 is 30.0 Å². The number of allylic oxidation sites excluding steroid dienone is 4. The lowest BCUT2D eigenvalue weighted by molar-refractivity contribution is -0.137. The first-order valence-electron chi connectivity index (χ1n) is 18.7. The minimum Gasteiger partial charge on any atom is -0.481 e. The topological polar surface area (TPSA) is 138 Å². The molecule has 3 aromatic rings. The van der Waals surface area contributed by atoms with Gasteiger partial charge in [-0.1, -0.05) is 0 Å². The van der Waals surface area contributed by atoms with Crippen LogP contribution in [0.1, 0.15) is 109 Å². The van der Waals surface area contributed by atoms with E-state index in [1.165, 1.54) is 16.7 Å². The van der Waals surface area contributed by atoms with Crippen LogP contribution in [0.5, 0.6) is 0 Å². The van der Waals surface area contributed by atoms with Gasteiger partial charge in [0, 0.05) is 70.0 Å². The van der Waals surface area contributed by atoms with Gasteiger partial charge >= 0.3 is 11.9 Å². The van der Waals surface area contributed by atoms with Crippen LogP contribution in [0.2, 0.25) is 0 Å². The van der Waals surface area contributed by atoms with Crippen molar-refractivity contribution in [2.24, 2.45) is 0 Å². The molecule has 8 bridgehead atoms. The summed E-state index contributed by atoms with van der Waals surface area (Å²) in [6.45, 7) is 14.9. The molecule has 12 heteroatoms. The van der Waals surface area contributed by atoms with Crippen LogP contribution in [0.4, 0.5) is 0 Å². The monoisotopic (exact) mass is 772 g/mol. The van der Waals surface area contributed by atoms with Crippen LogP contribution in [0.15, 0.2) is 24.3 Å². The molecular formula is C42H56N6O4S2. The quantitative estimate of drug-likeness (QED) is 0.111. The Kier molecular flexibility index (Phi) is 13.6. The van der Waals surface area contributed by atoms with E-state index >= 15 is 0 Å². The highest BCUT2D eigenvalue weighted by Crippen LogP contribution is 2.41. The van der Waals surface area contributed by atoms with Crippen molar-refractivity contribution in [3.63, 3.8) is 0 Å². The zero-order valence-electron chi connectivity index (χ0n) is 33.4. The number of nitrogens with one attached hydrogen (secondary N) is 2. The normalized spacial score (nSPS) is 14.4. The predicted octanol–water partition coefficient (Wildman–Crippen LogP) is 9.23. The van der Waals surface area contributed by atoms with Crippen molar-refractivity contribution >= 4 is 79.8 Å². The average molecular weight is 773 g/mol. The minimum atomic E-state index is -0.872. The van der Waals surface area contributed by atoms with E-state index in [0.29, 0.717) is 24.2 Å². The molecular weight excluding hydrogens is 717 g/mol. The van der Waals surface area contributed by atoms with E-state index in [2.05, 4.69) is 93.9 Å². The summed E-state index contributed by atoms with van der Waals surface area (Å²) in [7, 11) is 8.40. The van der Waals surface area contributed by atoms with Gasteiger partial charge in [0.15, 0.2) is 0 Å². The minimum absolute atomic E-state index is 0.0283. The summed E-state index contributed by atoms with van der Waals surface area (Å²) in [6, 6.07) is 8.38. The van der Waals surface area contributed by atoms with Crippen LogP contribution < -0.4 is 0 Å². The van der Waals surface area contributed by atoms with E-state index in [9.17, 15) is 19.8 Å². The van der Waals surface area contributed by atoms with Crippen LogP contribution in [-0.2, 0) is 9.59 Å². The van der Waals surface area contributed by atoms with Crippen molar-refractivity contribution in [1.82, 2.24) is 29.7 Å². The third-order valence-corrected chi connectivity index (χ3v) is 12.7. The number of aromatic nitrogens is 4. The van der Waals surface area contributed by atoms with Gasteiger partial charge in [-0.15, -0.1) is 0 Å². The molecule has 5 rings (SSSR count). The number of aliphatic carboxylic acids is 2. The lowest BCUT2D eigenvalue weighted by Crippen LogP contribution is -2.15. The molecule has 2 aliphatic heterocycles. The molecule has 290 valence electrons. The Labute approximate surface area is 328 Å². The Morgan fingerprint density at radius 1 is 0.630 bits per heavy atom. The molecule has 0 spiro atoms. The van der Waals surface area contributed by atoms with E-state index in [1.54, 1.807) is 0 Å². The van der Waals surface area contributed by atoms with Crippen molar-refractivity contribution < 1.29 is 19.8 Å². The van der Waals surface area contributed by atoms with Crippen molar-refractivity contribution in [3.05, 3.63) is 69.3 Å². The Morgan fingerprint density at radius 2 is 1.02 bits per heavy atom. The first kappa shape index (κ1) is 41.3. The number of rotatable bonds is 16. The highest BCUT2D eigenvalue weighted by molar-refractivity contribution is 7.99. The number of carbonyl (C=O) groups is 2. The predicted molar refractivity (Wildman–Crippen MR) is 228 cm³/mol. The summed E-state index contributed by atoms with van der Waals surface area (Å²) in [5.74, 6) is 0.246. The fraction of sp³-hybridized carbons (Fsp3) is 0.476. The number of carboxylic acid groups (broad SMARTS) is 2. The second kappa shape index (κ2) is 17.7. The summed E-state index contributed by atoms with van der Waals surface area (Å²) in [6.07, 6.45) is 0.584. The zero-order valence-corrected chi connectivity index (χ0v) is 35.1. The molecule has 0 saturated heterocycles. The van der Waals surface area contributed by atoms with E-state index in [-0.39, 0.29) is 23.3 Å². The third kappa shape index (κ3) is 9.50. The molecule has 0 aliphatic carbocycles. The number of carboxylic acids is 2. The maximum Gasteiger partial charge on any atom is 0.303 e. The van der Waals surface area contributed by atoms with Crippen LogP contribution >= 0.6 is 23.5 Å². The Hall–Kier alpha value is -3.84. The van der Waals surface area contributed by atoms with Gasteiger partial charge in [0.05, 0.1) is 22.8 Å². The summed E-state index contributed by atoms with van der Waals surface area (Å²) in [4.78, 5) is 45.8. The first-order valence-corrected chi connectivity index (χ1v) is 20.8. The average Bonchev–Trinajstić information content (AvgIpc) is 3.75. The van der Waals surface area contributed by atoms with Gasteiger partial charge in [-0.05, 0) is 151 Å². The molecule has 10 nitrogen and oxygen atoms in total. The molecule has 0 amide bonds. The van der Waals surface area contributed by atoms with E-state index < -0.39 is 11.9 Å². The van der Waals surface area contributed by atoms with Crippen LogP contribution in [-0.4, -0.2) is 105 Å². The highest BCUT2D eigenvalue weighted by Gasteiger charge is 2.24. The smallest absolute Gasteiger partial charge is 0.303 e. The number of aryl methyl sites for hydroxylation is 2. The summed E-state index contributed by atoms with van der Waals surface area (Å²) >= 11 is 3.87. The number of aromatic amines is 2. The Balaban J connectivity index is 1.87. The molecule has 0 fully saturated rings. The van der Waals surface area contributed by atoms with Gasteiger partial charge in [-0.25, -0.2) is 9.97 Å². The molecule has 0 radical (unpaired) electrons. The van der Waals surface area contributed by atoms with Crippen LogP contribution in [0.25, 0.3) is 44.4 Å². The number of thioether (sulfide) groups is 2.